The molecule has 3 rings (SSSR count). The van der Waals surface area contributed by atoms with Crippen LogP contribution in [0.25, 0.3) is 22.6 Å². The van der Waals surface area contributed by atoms with E-state index in [1.54, 1.807) is 6.07 Å². The topological polar surface area (TPSA) is 30.2 Å². The van der Waals surface area contributed by atoms with Crippen molar-refractivity contribution in [2.24, 2.45) is 0 Å². The monoisotopic (exact) mass is 282 g/mol. The summed E-state index contributed by atoms with van der Waals surface area (Å²) < 4.78 is 5.83. The number of halogens is 1. The first-order valence-corrected chi connectivity index (χ1v) is 6.57. The third-order valence-corrected chi connectivity index (χ3v) is 3.29. The van der Waals surface area contributed by atoms with Crippen LogP contribution in [0.1, 0.15) is 0 Å². The van der Waals surface area contributed by atoms with E-state index in [1.807, 2.05) is 48.5 Å². The zero-order chi connectivity index (χ0) is 13.9. The van der Waals surface area contributed by atoms with Gasteiger partial charge in [0.15, 0.2) is 5.43 Å². The van der Waals surface area contributed by atoms with Gasteiger partial charge in [-0.3, -0.25) is 4.79 Å². The average Bonchev–Trinajstić information content (AvgIpc) is 2.48. The van der Waals surface area contributed by atoms with Crippen molar-refractivity contribution < 1.29 is 4.42 Å². The lowest BCUT2D eigenvalue weighted by atomic mass is 10.1. The quantitative estimate of drug-likeness (QED) is 0.686. The molecular formula is C17H11ClO2. The fourth-order valence-electron chi connectivity index (χ4n) is 2.02. The average molecular weight is 283 g/mol. The molecule has 98 valence electrons. The first kappa shape index (κ1) is 12.7. The molecule has 1 aromatic heterocycles. The van der Waals surface area contributed by atoms with Crippen LogP contribution in [-0.4, -0.2) is 0 Å². The third-order valence-electron chi connectivity index (χ3n) is 2.96. The van der Waals surface area contributed by atoms with E-state index in [0.29, 0.717) is 22.1 Å². The van der Waals surface area contributed by atoms with Gasteiger partial charge in [-0.15, -0.1) is 0 Å². The molecule has 3 heteroatoms. The maximum atomic E-state index is 11.9. The third kappa shape index (κ3) is 2.51. The fraction of sp³-hybridized carbons (Fsp3) is 0. The van der Waals surface area contributed by atoms with Gasteiger partial charge in [-0.1, -0.05) is 54.1 Å². The van der Waals surface area contributed by atoms with Gasteiger partial charge in [-0.05, 0) is 12.1 Å². The van der Waals surface area contributed by atoms with E-state index >= 15 is 0 Å². The Kier molecular flexibility index (Phi) is 3.40. The van der Waals surface area contributed by atoms with Crippen molar-refractivity contribution in [2.75, 3.05) is 0 Å². The molecule has 0 unspecified atom stereocenters. The molecular weight excluding hydrogens is 272 g/mol. The summed E-state index contributed by atoms with van der Waals surface area (Å²) in [6, 6.07) is 19.7. The van der Waals surface area contributed by atoms with Crippen molar-refractivity contribution in [1.29, 1.82) is 0 Å². The van der Waals surface area contributed by atoms with E-state index < -0.39 is 0 Å². The van der Waals surface area contributed by atoms with Crippen LogP contribution in [0.5, 0.6) is 0 Å². The highest BCUT2D eigenvalue weighted by molar-refractivity contribution is 6.33. The molecule has 0 spiro atoms. The largest absolute Gasteiger partial charge is 0.456 e. The van der Waals surface area contributed by atoms with Gasteiger partial charge in [0, 0.05) is 23.3 Å². The zero-order valence-electron chi connectivity index (χ0n) is 10.5. The SMILES string of the molecule is O=c1cc(-c2ccccc2)oc(-c2ccccc2Cl)c1. The number of benzene rings is 2. The van der Waals surface area contributed by atoms with Crippen molar-refractivity contribution in [2.45, 2.75) is 0 Å². The van der Waals surface area contributed by atoms with Crippen LogP contribution in [-0.2, 0) is 0 Å². The van der Waals surface area contributed by atoms with Gasteiger partial charge in [-0.25, -0.2) is 0 Å². The van der Waals surface area contributed by atoms with Gasteiger partial charge in [-0.2, -0.15) is 0 Å². The Labute approximate surface area is 121 Å². The summed E-state index contributed by atoms with van der Waals surface area (Å²) in [7, 11) is 0. The molecule has 0 saturated carbocycles. The van der Waals surface area contributed by atoms with Crippen molar-refractivity contribution in [3.63, 3.8) is 0 Å². The number of hydrogen-bond acceptors (Lipinski definition) is 2. The van der Waals surface area contributed by atoms with Gasteiger partial charge in [0.25, 0.3) is 0 Å². The zero-order valence-corrected chi connectivity index (χ0v) is 11.3. The lowest BCUT2D eigenvalue weighted by Crippen LogP contribution is -1.98. The molecule has 2 nitrogen and oxygen atoms in total. The standard InChI is InChI=1S/C17H11ClO2/c18-15-9-5-4-8-14(15)17-11-13(19)10-16(20-17)12-6-2-1-3-7-12/h1-11H. The second-order valence-electron chi connectivity index (χ2n) is 4.37. The summed E-state index contributed by atoms with van der Waals surface area (Å²) >= 11 is 6.15. The first-order valence-electron chi connectivity index (χ1n) is 6.19. The van der Waals surface area contributed by atoms with E-state index in [1.165, 1.54) is 12.1 Å². The van der Waals surface area contributed by atoms with E-state index in [9.17, 15) is 4.79 Å². The van der Waals surface area contributed by atoms with Gasteiger partial charge < -0.3 is 4.42 Å². The van der Waals surface area contributed by atoms with Crippen molar-refractivity contribution in [3.8, 4) is 22.6 Å². The van der Waals surface area contributed by atoms with Crippen LogP contribution in [0, 0.1) is 0 Å². The normalized spacial score (nSPS) is 10.4. The smallest absolute Gasteiger partial charge is 0.186 e. The van der Waals surface area contributed by atoms with Crippen LogP contribution in [0.3, 0.4) is 0 Å². The molecule has 0 N–H and O–H groups in total. The molecule has 2 aromatic carbocycles. The lowest BCUT2D eigenvalue weighted by molar-refractivity contribution is 0.580. The summed E-state index contributed by atoms with van der Waals surface area (Å²) in [6.07, 6.45) is 0. The van der Waals surface area contributed by atoms with E-state index in [0.717, 1.165) is 5.56 Å². The summed E-state index contributed by atoms with van der Waals surface area (Å²) in [4.78, 5) is 11.9. The van der Waals surface area contributed by atoms with Crippen LogP contribution >= 0.6 is 11.6 Å². The van der Waals surface area contributed by atoms with Gasteiger partial charge in [0.05, 0.1) is 5.02 Å². The molecule has 0 radical (unpaired) electrons. The maximum Gasteiger partial charge on any atom is 0.186 e. The number of hydrogen-bond donors (Lipinski definition) is 0. The Bertz CT molecular complexity index is 791. The van der Waals surface area contributed by atoms with E-state index in [4.69, 9.17) is 16.0 Å². The molecule has 1 heterocycles. The van der Waals surface area contributed by atoms with Crippen LogP contribution in [0.15, 0.2) is 75.9 Å². The maximum absolute atomic E-state index is 11.9. The van der Waals surface area contributed by atoms with Gasteiger partial charge in [0.1, 0.15) is 11.5 Å². The molecule has 0 aliphatic carbocycles. The lowest BCUT2D eigenvalue weighted by Gasteiger charge is -2.06. The molecule has 0 bridgehead atoms. The van der Waals surface area contributed by atoms with Crippen LogP contribution < -0.4 is 5.43 Å². The summed E-state index contributed by atoms with van der Waals surface area (Å²) in [6.45, 7) is 0. The van der Waals surface area contributed by atoms with Gasteiger partial charge >= 0.3 is 0 Å². The predicted octanol–water partition coefficient (Wildman–Crippen LogP) is 4.63. The molecule has 0 fully saturated rings. The van der Waals surface area contributed by atoms with Crippen molar-refractivity contribution in [1.82, 2.24) is 0 Å². The molecule has 20 heavy (non-hydrogen) atoms. The highest BCUT2D eigenvalue weighted by Gasteiger charge is 2.09. The Morgan fingerprint density at radius 1 is 0.800 bits per heavy atom. The Hall–Kier alpha value is -2.32. The molecule has 0 aliphatic rings. The highest BCUT2D eigenvalue weighted by Crippen LogP contribution is 2.29. The first-order chi connectivity index (χ1) is 9.74. The van der Waals surface area contributed by atoms with E-state index in [2.05, 4.69) is 0 Å². The highest BCUT2D eigenvalue weighted by atomic mass is 35.5. The van der Waals surface area contributed by atoms with Crippen molar-refractivity contribution >= 4 is 11.6 Å². The molecule has 3 aromatic rings. The molecule has 0 atom stereocenters. The molecule has 0 amide bonds. The van der Waals surface area contributed by atoms with Gasteiger partial charge in [0.2, 0.25) is 0 Å². The van der Waals surface area contributed by atoms with E-state index in [-0.39, 0.29) is 5.43 Å². The van der Waals surface area contributed by atoms with Crippen LogP contribution in [0.2, 0.25) is 5.02 Å². The Balaban J connectivity index is 2.18. The fourth-order valence-corrected chi connectivity index (χ4v) is 2.24. The number of rotatable bonds is 2. The summed E-state index contributed by atoms with van der Waals surface area (Å²) in [5, 5.41) is 0.556. The molecule has 0 aliphatic heterocycles. The molecule has 0 saturated heterocycles. The minimum absolute atomic E-state index is 0.106. The van der Waals surface area contributed by atoms with Crippen molar-refractivity contribution in [3.05, 3.63) is 82.0 Å². The Morgan fingerprint density at radius 3 is 2.20 bits per heavy atom. The minimum atomic E-state index is -0.106. The minimum Gasteiger partial charge on any atom is -0.456 e. The Morgan fingerprint density at radius 2 is 1.45 bits per heavy atom. The summed E-state index contributed by atoms with van der Waals surface area (Å²) in [5.41, 5.74) is 1.47. The predicted molar refractivity (Wildman–Crippen MR) is 80.9 cm³/mol. The second kappa shape index (κ2) is 5.35. The second-order valence-corrected chi connectivity index (χ2v) is 4.77. The summed E-state index contributed by atoms with van der Waals surface area (Å²) in [5.74, 6) is 1.01. The van der Waals surface area contributed by atoms with Crippen LogP contribution in [0.4, 0.5) is 0 Å².